The summed E-state index contributed by atoms with van der Waals surface area (Å²) in [7, 11) is 0. The fourth-order valence-corrected chi connectivity index (χ4v) is 1.66. The summed E-state index contributed by atoms with van der Waals surface area (Å²) in [5.41, 5.74) is 1.02. The Morgan fingerprint density at radius 1 is 1.40 bits per heavy atom. The van der Waals surface area contributed by atoms with Crippen molar-refractivity contribution in [3.05, 3.63) is 34.3 Å². The van der Waals surface area contributed by atoms with Crippen LogP contribution in [0.4, 0.5) is 0 Å². The van der Waals surface area contributed by atoms with E-state index < -0.39 is 0 Å². The molecule has 0 saturated carbocycles. The van der Waals surface area contributed by atoms with Crippen molar-refractivity contribution in [2.24, 2.45) is 0 Å². The minimum atomic E-state index is 0.121. The van der Waals surface area contributed by atoms with Gasteiger partial charge in [-0.05, 0) is 18.1 Å². The van der Waals surface area contributed by atoms with Crippen molar-refractivity contribution in [3.8, 4) is 0 Å². The van der Waals surface area contributed by atoms with Crippen LogP contribution in [0.15, 0.2) is 28.7 Å². The lowest BCUT2D eigenvalue weighted by Crippen LogP contribution is -2.12. The highest BCUT2D eigenvalue weighted by Crippen LogP contribution is 2.16. The van der Waals surface area contributed by atoms with Crippen molar-refractivity contribution in [2.45, 2.75) is 19.8 Å². The summed E-state index contributed by atoms with van der Waals surface area (Å²) in [4.78, 5) is 11.5. The quantitative estimate of drug-likeness (QED) is 0.743. The largest absolute Gasteiger partial charge is 0.374 e. The van der Waals surface area contributed by atoms with Crippen LogP contribution in [-0.2, 0) is 16.0 Å². The molecule has 82 valence electrons. The molecule has 0 radical (unpaired) electrons. The number of benzene rings is 1. The summed E-state index contributed by atoms with van der Waals surface area (Å²) >= 11 is 3.41. The van der Waals surface area contributed by atoms with Gasteiger partial charge in [0.15, 0.2) is 5.78 Å². The molecule has 15 heavy (non-hydrogen) atoms. The molecule has 1 rings (SSSR count). The average Bonchev–Trinajstić information content (AvgIpc) is 2.22. The van der Waals surface area contributed by atoms with Crippen LogP contribution in [0.25, 0.3) is 0 Å². The third kappa shape index (κ3) is 4.58. The number of hydrogen-bond acceptors (Lipinski definition) is 2. The zero-order valence-electron chi connectivity index (χ0n) is 8.83. The van der Waals surface area contributed by atoms with E-state index in [1.807, 2.05) is 31.2 Å². The van der Waals surface area contributed by atoms with E-state index in [1.165, 1.54) is 0 Å². The van der Waals surface area contributed by atoms with Gasteiger partial charge in [0, 0.05) is 17.5 Å². The molecule has 0 atom stereocenters. The number of ether oxygens (including phenoxy) is 1. The number of hydrogen-bond donors (Lipinski definition) is 0. The Labute approximate surface area is 98.8 Å². The maximum absolute atomic E-state index is 11.5. The van der Waals surface area contributed by atoms with Crippen LogP contribution < -0.4 is 0 Å². The van der Waals surface area contributed by atoms with Crippen LogP contribution in [-0.4, -0.2) is 19.0 Å². The van der Waals surface area contributed by atoms with Gasteiger partial charge in [-0.15, -0.1) is 0 Å². The molecule has 0 amide bonds. The number of carbonyl (C=O) groups is 1. The van der Waals surface area contributed by atoms with Crippen LogP contribution in [0.5, 0.6) is 0 Å². The lowest BCUT2D eigenvalue weighted by atomic mass is 10.1. The normalized spacial score (nSPS) is 10.3. The predicted molar refractivity (Wildman–Crippen MR) is 64.0 cm³/mol. The molecule has 0 saturated heterocycles. The number of carbonyl (C=O) groups excluding carboxylic acids is 1. The fourth-order valence-electron chi connectivity index (χ4n) is 1.24. The van der Waals surface area contributed by atoms with Crippen LogP contribution in [0, 0.1) is 0 Å². The van der Waals surface area contributed by atoms with Crippen molar-refractivity contribution in [2.75, 3.05) is 13.2 Å². The maximum atomic E-state index is 11.5. The zero-order chi connectivity index (χ0) is 11.1. The lowest BCUT2D eigenvalue weighted by molar-refractivity contribution is -0.122. The second-order valence-electron chi connectivity index (χ2n) is 3.36. The third-order valence-electron chi connectivity index (χ3n) is 1.96. The summed E-state index contributed by atoms with van der Waals surface area (Å²) in [6.45, 7) is 2.90. The predicted octanol–water partition coefficient (Wildman–Crippen LogP) is 2.99. The van der Waals surface area contributed by atoms with Gasteiger partial charge in [-0.1, -0.05) is 41.1 Å². The van der Waals surface area contributed by atoms with Gasteiger partial charge in [-0.2, -0.15) is 0 Å². The highest BCUT2D eigenvalue weighted by atomic mass is 79.9. The van der Waals surface area contributed by atoms with E-state index in [9.17, 15) is 4.79 Å². The van der Waals surface area contributed by atoms with Gasteiger partial charge < -0.3 is 4.74 Å². The first-order chi connectivity index (χ1) is 7.24. The zero-order valence-corrected chi connectivity index (χ0v) is 10.4. The third-order valence-corrected chi connectivity index (χ3v) is 2.73. The summed E-state index contributed by atoms with van der Waals surface area (Å²) in [6, 6.07) is 7.75. The molecule has 0 aliphatic heterocycles. The lowest BCUT2D eigenvalue weighted by Gasteiger charge is -2.04. The Kier molecular flexibility index (Phi) is 5.58. The molecule has 0 aliphatic carbocycles. The Bertz CT molecular complexity index is 323. The molecule has 1 aromatic carbocycles. The standard InChI is InChI=1S/C12H15BrO2/c1-2-7-15-9-11(14)8-10-5-3-4-6-12(10)13/h3-6H,2,7-9H2,1H3. The Balaban J connectivity index is 2.41. The van der Waals surface area contributed by atoms with Crippen molar-refractivity contribution in [1.29, 1.82) is 0 Å². The van der Waals surface area contributed by atoms with E-state index in [0.717, 1.165) is 16.5 Å². The second kappa shape index (κ2) is 6.75. The Morgan fingerprint density at radius 3 is 2.80 bits per heavy atom. The Morgan fingerprint density at radius 2 is 2.13 bits per heavy atom. The van der Waals surface area contributed by atoms with Gasteiger partial charge in [0.2, 0.25) is 0 Å². The molecule has 0 heterocycles. The van der Waals surface area contributed by atoms with Crippen LogP contribution >= 0.6 is 15.9 Å². The summed E-state index contributed by atoms with van der Waals surface area (Å²) < 4.78 is 6.17. The van der Waals surface area contributed by atoms with E-state index >= 15 is 0 Å². The molecule has 2 nitrogen and oxygen atoms in total. The topological polar surface area (TPSA) is 26.3 Å². The van der Waals surface area contributed by atoms with Crippen molar-refractivity contribution < 1.29 is 9.53 Å². The van der Waals surface area contributed by atoms with Crippen molar-refractivity contribution in [3.63, 3.8) is 0 Å². The van der Waals surface area contributed by atoms with E-state index in [2.05, 4.69) is 15.9 Å². The molecule has 0 unspecified atom stereocenters. The van der Waals surface area contributed by atoms with Gasteiger partial charge in [0.1, 0.15) is 6.61 Å². The first kappa shape index (κ1) is 12.4. The first-order valence-corrected chi connectivity index (χ1v) is 5.86. The molecular formula is C12H15BrO2. The molecule has 0 aliphatic rings. The van der Waals surface area contributed by atoms with Gasteiger partial charge in [0.25, 0.3) is 0 Å². The summed E-state index contributed by atoms with van der Waals surface area (Å²) in [5, 5.41) is 0. The molecule has 0 spiro atoms. The van der Waals surface area contributed by atoms with Crippen molar-refractivity contribution >= 4 is 21.7 Å². The minimum Gasteiger partial charge on any atom is -0.374 e. The average molecular weight is 271 g/mol. The van der Waals surface area contributed by atoms with E-state index in [-0.39, 0.29) is 12.4 Å². The number of ketones is 1. The van der Waals surface area contributed by atoms with Gasteiger partial charge in [0.05, 0.1) is 0 Å². The molecule has 0 bridgehead atoms. The monoisotopic (exact) mass is 270 g/mol. The van der Waals surface area contributed by atoms with Gasteiger partial charge >= 0.3 is 0 Å². The van der Waals surface area contributed by atoms with Crippen LogP contribution in [0.1, 0.15) is 18.9 Å². The fraction of sp³-hybridized carbons (Fsp3) is 0.417. The Hall–Kier alpha value is -0.670. The number of rotatable bonds is 6. The summed E-state index contributed by atoms with van der Waals surface area (Å²) in [5.74, 6) is 0.121. The van der Waals surface area contributed by atoms with Gasteiger partial charge in [-0.25, -0.2) is 0 Å². The second-order valence-corrected chi connectivity index (χ2v) is 4.21. The highest BCUT2D eigenvalue weighted by molar-refractivity contribution is 9.10. The smallest absolute Gasteiger partial charge is 0.162 e. The van der Waals surface area contributed by atoms with Gasteiger partial charge in [-0.3, -0.25) is 4.79 Å². The van der Waals surface area contributed by atoms with E-state index in [1.54, 1.807) is 0 Å². The van der Waals surface area contributed by atoms with Crippen molar-refractivity contribution in [1.82, 2.24) is 0 Å². The molecule has 0 aromatic heterocycles. The highest BCUT2D eigenvalue weighted by Gasteiger charge is 2.06. The molecule has 0 fully saturated rings. The minimum absolute atomic E-state index is 0.121. The first-order valence-electron chi connectivity index (χ1n) is 5.07. The molecule has 0 N–H and O–H groups in total. The van der Waals surface area contributed by atoms with E-state index in [4.69, 9.17) is 4.74 Å². The summed E-state index contributed by atoms with van der Waals surface area (Å²) in [6.07, 6.45) is 1.38. The van der Waals surface area contributed by atoms with E-state index in [0.29, 0.717) is 13.0 Å². The van der Waals surface area contributed by atoms with Crippen LogP contribution in [0.2, 0.25) is 0 Å². The molecule has 1 aromatic rings. The number of Topliss-reactive ketones (excluding diaryl/α,β-unsaturated/α-hetero) is 1. The molecular weight excluding hydrogens is 256 g/mol. The maximum Gasteiger partial charge on any atom is 0.162 e. The SMILES string of the molecule is CCCOCC(=O)Cc1ccccc1Br. The number of halogens is 1. The molecule has 3 heteroatoms. The van der Waals surface area contributed by atoms with Crippen LogP contribution in [0.3, 0.4) is 0 Å².